The minimum absolute atomic E-state index is 0.294. The van der Waals surface area contributed by atoms with Crippen molar-refractivity contribution in [1.82, 2.24) is 5.32 Å². The normalized spacial score (nSPS) is 26.3. The van der Waals surface area contributed by atoms with Crippen molar-refractivity contribution in [3.8, 4) is 0 Å². The van der Waals surface area contributed by atoms with E-state index >= 15 is 0 Å². The molecular formula is C23H33NO4. The lowest BCUT2D eigenvalue weighted by atomic mass is 9.48. The monoisotopic (exact) mass is 387 g/mol. The first-order valence-electron chi connectivity index (χ1n) is 10.4. The van der Waals surface area contributed by atoms with Crippen molar-refractivity contribution in [2.45, 2.75) is 60.8 Å². The molecule has 2 bridgehead atoms. The standard InChI is InChI=1S/C23H33NO4/c1-7-27-21(25)19-13(3)24-14(4)20(22(26)28-8-2)17(19)11-15-9-10-16-12-18(15)23(16,5)6/h9,16-18,24H,7-8,10-12H2,1-6H3/t16-,18-/m0/s1. The van der Waals surface area contributed by atoms with E-state index in [0.29, 0.717) is 42.1 Å². The van der Waals surface area contributed by atoms with Crippen LogP contribution in [0.3, 0.4) is 0 Å². The Hall–Kier alpha value is -2.04. The number of carbonyl (C=O) groups excluding carboxylic acids is 2. The lowest BCUT2D eigenvalue weighted by molar-refractivity contribution is -0.140. The van der Waals surface area contributed by atoms with Gasteiger partial charge < -0.3 is 14.8 Å². The first-order chi connectivity index (χ1) is 13.2. The Labute approximate surface area is 168 Å². The minimum atomic E-state index is -0.353. The number of hydrogen-bond donors (Lipinski definition) is 1. The molecule has 2 atom stereocenters. The van der Waals surface area contributed by atoms with Crippen LogP contribution in [-0.2, 0) is 19.1 Å². The van der Waals surface area contributed by atoms with Crippen LogP contribution < -0.4 is 5.32 Å². The molecule has 4 rings (SSSR count). The van der Waals surface area contributed by atoms with E-state index in [-0.39, 0.29) is 17.9 Å². The van der Waals surface area contributed by atoms with Crippen molar-refractivity contribution >= 4 is 11.9 Å². The topological polar surface area (TPSA) is 64.6 Å². The number of nitrogens with one attached hydrogen (secondary N) is 1. The quantitative estimate of drug-likeness (QED) is 0.545. The van der Waals surface area contributed by atoms with Crippen LogP contribution in [0.1, 0.15) is 60.8 Å². The number of dihydropyridines is 1. The summed E-state index contributed by atoms with van der Waals surface area (Å²) in [6, 6.07) is 0. The van der Waals surface area contributed by atoms with E-state index in [2.05, 4.69) is 25.2 Å². The third-order valence-electron chi connectivity index (χ3n) is 6.89. The van der Waals surface area contributed by atoms with Crippen LogP contribution in [0.5, 0.6) is 0 Å². The van der Waals surface area contributed by atoms with Crippen molar-refractivity contribution in [1.29, 1.82) is 0 Å². The first-order valence-corrected chi connectivity index (χ1v) is 10.4. The van der Waals surface area contributed by atoms with Gasteiger partial charge in [-0.05, 0) is 64.2 Å². The SMILES string of the molecule is CCOC(=O)C1=C(C)NC(C)=C(C(=O)OCC)C1CC1=CC[C@H]2C[C@@H]1C2(C)C. The molecule has 0 amide bonds. The van der Waals surface area contributed by atoms with E-state index in [9.17, 15) is 9.59 Å². The zero-order valence-corrected chi connectivity index (χ0v) is 18.0. The molecule has 0 saturated heterocycles. The highest BCUT2D eigenvalue weighted by molar-refractivity contribution is 5.97. The maximum absolute atomic E-state index is 12.8. The molecule has 3 aliphatic carbocycles. The molecule has 1 N–H and O–H groups in total. The Morgan fingerprint density at radius 3 is 2.04 bits per heavy atom. The third kappa shape index (κ3) is 3.40. The van der Waals surface area contributed by atoms with Gasteiger partial charge in [0.05, 0.1) is 24.4 Å². The number of rotatable bonds is 6. The summed E-state index contributed by atoms with van der Waals surface area (Å²) in [6.45, 7) is 12.6. The summed E-state index contributed by atoms with van der Waals surface area (Å²) in [5.41, 5.74) is 4.28. The Kier molecular flexibility index (Phi) is 5.74. The molecule has 28 heavy (non-hydrogen) atoms. The van der Waals surface area contributed by atoms with Gasteiger partial charge in [-0.3, -0.25) is 0 Å². The molecule has 0 aromatic carbocycles. The largest absolute Gasteiger partial charge is 0.463 e. The van der Waals surface area contributed by atoms with Gasteiger partial charge >= 0.3 is 11.9 Å². The minimum Gasteiger partial charge on any atom is -0.463 e. The molecule has 5 heteroatoms. The summed E-state index contributed by atoms with van der Waals surface area (Å²) in [7, 11) is 0. The molecular weight excluding hydrogens is 354 g/mol. The fourth-order valence-electron chi connectivity index (χ4n) is 5.24. The molecule has 0 aromatic heterocycles. The molecule has 0 unspecified atom stereocenters. The highest BCUT2D eigenvalue weighted by Gasteiger charge is 2.52. The van der Waals surface area contributed by atoms with Crippen LogP contribution in [0, 0.1) is 23.2 Å². The Morgan fingerprint density at radius 1 is 1.07 bits per heavy atom. The summed E-state index contributed by atoms with van der Waals surface area (Å²) in [5, 5.41) is 3.20. The summed E-state index contributed by atoms with van der Waals surface area (Å²) < 4.78 is 10.7. The zero-order chi connectivity index (χ0) is 20.6. The molecule has 154 valence electrons. The molecule has 1 heterocycles. The number of fused-ring (bicyclic) bond motifs is 1. The van der Waals surface area contributed by atoms with Crippen LogP contribution in [0.4, 0.5) is 0 Å². The number of hydrogen-bond acceptors (Lipinski definition) is 5. The van der Waals surface area contributed by atoms with Crippen LogP contribution in [0.2, 0.25) is 0 Å². The van der Waals surface area contributed by atoms with Gasteiger partial charge in [-0.1, -0.05) is 25.5 Å². The summed E-state index contributed by atoms with van der Waals surface area (Å²) >= 11 is 0. The van der Waals surface area contributed by atoms with Crippen LogP contribution in [0.15, 0.2) is 34.2 Å². The predicted octanol–water partition coefficient (Wildman–Crippen LogP) is 4.26. The Balaban J connectivity index is 1.99. The maximum atomic E-state index is 12.8. The lowest BCUT2D eigenvalue weighted by Gasteiger charge is -2.57. The second-order valence-electron chi connectivity index (χ2n) is 8.72. The molecule has 1 saturated carbocycles. The van der Waals surface area contributed by atoms with Crippen LogP contribution in [-0.4, -0.2) is 25.2 Å². The highest BCUT2D eigenvalue weighted by Crippen LogP contribution is 2.60. The van der Waals surface area contributed by atoms with Gasteiger partial charge in [-0.15, -0.1) is 0 Å². The average Bonchev–Trinajstić information content (AvgIpc) is 2.61. The predicted molar refractivity (Wildman–Crippen MR) is 108 cm³/mol. The van der Waals surface area contributed by atoms with Crippen molar-refractivity contribution in [2.24, 2.45) is 23.2 Å². The maximum Gasteiger partial charge on any atom is 0.336 e. The Bertz CT molecular complexity index is 731. The van der Waals surface area contributed by atoms with Gasteiger partial charge in [-0.25, -0.2) is 9.59 Å². The molecule has 0 spiro atoms. The van der Waals surface area contributed by atoms with Crippen molar-refractivity contribution < 1.29 is 19.1 Å². The molecule has 0 aromatic rings. The summed E-state index contributed by atoms with van der Waals surface area (Å²) in [4.78, 5) is 25.6. The van der Waals surface area contributed by atoms with E-state index < -0.39 is 0 Å². The molecule has 1 fully saturated rings. The summed E-state index contributed by atoms with van der Waals surface area (Å²) in [6.07, 6.45) is 5.29. The number of allylic oxidation sites excluding steroid dienone is 4. The molecule has 5 nitrogen and oxygen atoms in total. The van der Waals surface area contributed by atoms with Crippen molar-refractivity contribution in [2.75, 3.05) is 13.2 Å². The van der Waals surface area contributed by atoms with Crippen molar-refractivity contribution in [3.05, 3.63) is 34.2 Å². The van der Waals surface area contributed by atoms with E-state index in [0.717, 1.165) is 23.7 Å². The Morgan fingerprint density at radius 2 is 1.61 bits per heavy atom. The molecule has 4 aliphatic rings. The number of esters is 2. The van der Waals surface area contributed by atoms with Crippen LogP contribution >= 0.6 is 0 Å². The second-order valence-corrected chi connectivity index (χ2v) is 8.72. The van der Waals surface area contributed by atoms with Gasteiger partial charge in [0.15, 0.2) is 0 Å². The molecule has 0 radical (unpaired) electrons. The number of ether oxygens (including phenoxy) is 2. The van der Waals surface area contributed by atoms with Crippen LogP contribution in [0.25, 0.3) is 0 Å². The molecule has 1 aliphatic heterocycles. The van der Waals surface area contributed by atoms with Gasteiger partial charge in [-0.2, -0.15) is 0 Å². The highest BCUT2D eigenvalue weighted by atomic mass is 16.5. The van der Waals surface area contributed by atoms with Crippen molar-refractivity contribution in [3.63, 3.8) is 0 Å². The zero-order valence-electron chi connectivity index (χ0n) is 18.0. The van der Waals surface area contributed by atoms with Gasteiger partial charge in [0.1, 0.15) is 0 Å². The van der Waals surface area contributed by atoms with E-state index in [4.69, 9.17) is 9.47 Å². The van der Waals surface area contributed by atoms with Gasteiger partial charge in [0, 0.05) is 17.3 Å². The smallest absolute Gasteiger partial charge is 0.336 e. The third-order valence-corrected chi connectivity index (χ3v) is 6.89. The summed E-state index contributed by atoms with van der Waals surface area (Å²) in [5.74, 6) is 0.230. The fraction of sp³-hybridized carbons (Fsp3) is 0.652. The first kappa shape index (κ1) is 20.7. The van der Waals surface area contributed by atoms with Gasteiger partial charge in [0.25, 0.3) is 0 Å². The number of carbonyl (C=O) groups is 2. The van der Waals surface area contributed by atoms with E-state index in [1.165, 1.54) is 12.0 Å². The second kappa shape index (κ2) is 7.76. The van der Waals surface area contributed by atoms with E-state index in [1.807, 2.05) is 13.8 Å². The van der Waals surface area contributed by atoms with Gasteiger partial charge in [0.2, 0.25) is 0 Å². The fourth-order valence-corrected chi connectivity index (χ4v) is 5.24. The average molecular weight is 388 g/mol. The lowest BCUT2D eigenvalue weighted by Crippen LogP contribution is -2.48. The van der Waals surface area contributed by atoms with E-state index in [1.54, 1.807) is 13.8 Å².